The summed E-state index contributed by atoms with van der Waals surface area (Å²) in [5.41, 5.74) is 1.28. The maximum atomic E-state index is 12.7. The van der Waals surface area contributed by atoms with Crippen LogP contribution < -0.4 is 15.2 Å². The van der Waals surface area contributed by atoms with Gasteiger partial charge in [-0.25, -0.2) is 13.6 Å². The maximum absolute atomic E-state index is 12.7. The maximum Gasteiger partial charge on any atom is 0.253 e. The van der Waals surface area contributed by atoms with Crippen molar-refractivity contribution in [3.8, 4) is 11.5 Å². The zero-order valence-corrected chi connectivity index (χ0v) is 21.3. The van der Waals surface area contributed by atoms with Crippen LogP contribution in [-0.2, 0) is 26.0 Å². The zero-order chi connectivity index (χ0) is 26.3. The number of sulfonamides is 1. The fourth-order valence-electron chi connectivity index (χ4n) is 3.30. The molecule has 3 aromatic carbocycles. The normalized spacial score (nSPS) is 11.1. The molecule has 0 heterocycles. The molecule has 36 heavy (non-hydrogen) atoms. The molecule has 2 amide bonds. The molecule has 0 aliphatic heterocycles. The first kappa shape index (κ1) is 27.2. The number of carbonyl (C=O) groups is 2. The molecule has 0 aliphatic carbocycles. The van der Waals surface area contributed by atoms with Crippen LogP contribution in [0.2, 0.25) is 5.02 Å². The van der Waals surface area contributed by atoms with E-state index in [0.29, 0.717) is 35.1 Å². The van der Waals surface area contributed by atoms with Gasteiger partial charge in [0.25, 0.3) is 5.91 Å². The molecule has 0 atom stereocenters. The lowest BCUT2D eigenvalue weighted by molar-refractivity contribution is -0.115. The summed E-state index contributed by atoms with van der Waals surface area (Å²) in [7, 11) is -0.942. The van der Waals surface area contributed by atoms with Crippen molar-refractivity contribution in [3.63, 3.8) is 0 Å². The van der Waals surface area contributed by atoms with E-state index in [2.05, 4.69) is 5.32 Å². The number of halogens is 1. The average molecular weight is 532 g/mol. The number of ether oxygens (including phenoxy) is 2. The number of anilines is 1. The fraction of sp³-hybridized carbons (Fsp3) is 0.200. The van der Waals surface area contributed by atoms with E-state index < -0.39 is 15.9 Å². The number of likely N-dealkylation sites (N-methyl/N-ethyl adjacent to an activating group) is 1. The van der Waals surface area contributed by atoms with Crippen LogP contribution in [-0.4, -0.2) is 52.4 Å². The quantitative estimate of drug-likeness (QED) is 0.411. The van der Waals surface area contributed by atoms with E-state index in [1.165, 1.54) is 29.2 Å². The monoisotopic (exact) mass is 531 g/mol. The second kappa shape index (κ2) is 12.0. The molecule has 0 radical (unpaired) electrons. The lowest BCUT2D eigenvalue weighted by atomic mass is 10.1. The molecule has 0 aromatic heterocycles. The summed E-state index contributed by atoms with van der Waals surface area (Å²) >= 11 is 5.96. The van der Waals surface area contributed by atoms with Gasteiger partial charge in [-0.15, -0.1) is 0 Å². The van der Waals surface area contributed by atoms with Gasteiger partial charge in [-0.3, -0.25) is 9.59 Å². The number of nitrogens with two attached hydrogens (primary N) is 1. The van der Waals surface area contributed by atoms with Crippen molar-refractivity contribution < 1.29 is 27.5 Å². The van der Waals surface area contributed by atoms with Gasteiger partial charge in [-0.2, -0.15) is 0 Å². The summed E-state index contributed by atoms with van der Waals surface area (Å²) in [6, 6.07) is 17.3. The molecule has 0 spiro atoms. The molecular weight excluding hydrogens is 506 g/mol. The Balaban J connectivity index is 1.74. The Labute approximate surface area is 214 Å². The van der Waals surface area contributed by atoms with E-state index in [-0.39, 0.29) is 28.7 Å². The topological polar surface area (TPSA) is 128 Å². The molecule has 9 nitrogen and oxygen atoms in total. The van der Waals surface area contributed by atoms with E-state index in [9.17, 15) is 18.0 Å². The van der Waals surface area contributed by atoms with Gasteiger partial charge >= 0.3 is 0 Å². The number of carbonyl (C=O) groups excluding carboxylic acids is 2. The van der Waals surface area contributed by atoms with Crippen molar-refractivity contribution in [1.82, 2.24) is 4.90 Å². The highest BCUT2D eigenvalue weighted by molar-refractivity contribution is 7.89. The summed E-state index contributed by atoms with van der Waals surface area (Å²) in [5.74, 6) is -0.285. The van der Waals surface area contributed by atoms with Crippen LogP contribution in [0.15, 0.2) is 71.6 Å². The third-order valence-corrected chi connectivity index (χ3v) is 6.24. The number of primary sulfonamides is 1. The Hall–Kier alpha value is -3.44. The molecule has 190 valence electrons. The van der Waals surface area contributed by atoms with E-state index in [1.807, 2.05) is 0 Å². The standard InChI is InChI=1S/C25H26ClN3O6S/c1-29(11-12-34-2)25(31)18-6-3-5-17(13-18)14-24(30)28-20-9-10-22(23(16-20)36(27,32)33)35-21-8-4-7-19(26)15-21/h3-10,13,15-16H,11-12,14H2,1-2H3,(H,28,30)(H2,27,32,33). The number of nitrogens with zero attached hydrogens (tertiary/aromatic N) is 1. The van der Waals surface area contributed by atoms with Crippen molar-refractivity contribution >= 4 is 39.1 Å². The van der Waals surface area contributed by atoms with Crippen LogP contribution >= 0.6 is 11.6 Å². The van der Waals surface area contributed by atoms with Crippen molar-refractivity contribution in [2.75, 3.05) is 32.6 Å². The van der Waals surface area contributed by atoms with E-state index in [0.717, 1.165) is 0 Å². The first-order chi connectivity index (χ1) is 17.1. The van der Waals surface area contributed by atoms with Crippen molar-refractivity contribution in [1.29, 1.82) is 0 Å². The second-order valence-corrected chi connectivity index (χ2v) is 9.88. The molecule has 0 aliphatic rings. The number of hydrogen-bond donors (Lipinski definition) is 2. The Kier molecular flexibility index (Phi) is 9.05. The van der Waals surface area contributed by atoms with Gasteiger partial charge in [0.15, 0.2) is 0 Å². The first-order valence-corrected chi connectivity index (χ1v) is 12.7. The third-order valence-electron chi connectivity index (χ3n) is 5.07. The smallest absolute Gasteiger partial charge is 0.253 e. The van der Waals surface area contributed by atoms with Gasteiger partial charge in [0.1, 0.15) is 16.4 Å². The van der Waals surface area contributed by atoms with Gasteiger partial charge in [0.2, 0.25) is 15.9 Å². The van der Waals surface area contributed by atoms with E-state index >= 15 is 0 Å². The molecular formula is C25H26ClN3O6S. The molecule has 11 heteroatoms. The Morgan fingerprint density at radius 2 is 1.81 bits per heavy atom. The van der Waals surface area contributed by atoms with Crippen molar-refractivity contribution in [2.45, 2.75) is 11.3 Å². The predicted octanol–water partition coefficient (Wildman–Crippen LogP) is 3.68. The Morgan fingerprint density at radius 3 is 2.50 bits per heavy atom. The lowest BCUT2D eigenvalue weighted by Crippen LogP contribution is -2.30. The minimum absolute atomic E-state index is 0.0124. The molecule has 3 aromatic rings. The molecule has 0 bridgehead atoms. The number of nitrogens with one attached hydrogen (secondary N) is 1. The van der Waals surface area contributed by atoms with Crippen LogP contribution in [0.25, 0.3) is 0 Å². The summed E-state index contributed by atoms with van der Waals surface area (Å²) < 4.78 is 35.0. The molecule has 0 saturated carbocycles. The van der Waals surface area contributed by atoms with Crippen LogP contribution in [0.3, 0.4) is 0 Å². The highest BCUT2D eigenvalue weighted by Gasteiger charge is 2.18. The van der Waals surface area contributed by atoms with Crippen LogP contribution in [0.5, 0.6) is 11.5 Å². The minimum Gasteiger partial charge on any atom is -0.456 e. The summed E-state index contributed by atoms with van der Waals surface area (Å²) in [6.07, 6.45) is -0.0334. The van der Waals surface area contributed by atoms with Gasteiger partial charge in [-0.05, 0) is 54.1 Å². The third kappa shape index (κ3) is 7.53. The molecule has 0 unspecified atom stereocenters. The SMILES string of the molecule is COCCN(C)C(=O)c1cccc(CC(=O)Nc2ccc(Oc3cccc(Cl)c3)c(S(N)(=O)=O)c2)c1. The molecule has 3 rings (SSSR count). The molecule has 3 N–H and O–H groups in total. The summed E-state index contributed by atoms with van der Waals surface area (Å²) in [6.45, 7) is 0.844. The van der Waals surface area contributed by atoms with E-state index in [1.54, 1.807) is 56.6 Å². The van der Waals surface area contributed by atoms with Crippen LogP contribution in [0, 0.1) is 0 Å². The Bertz CT molecular complexity index is 1360. The largest absolute Gasteiger partial charge is 0.456 e. The summed E-state index contributed by atoms with van der Waals surface area (Å²) in [5, 5.41) is 8.45. The highest BCUT2D eigenvalue weighted by Crippen LogP contribution is 2.31. The van der Waals surface area contributed by atoms with Gasteiger partial charge in [0, 0.05) is 37.0 Å². The summed E-state index contributed by atoms with van der Waals surface area (Å²) in [4.78, 5) is 26.5. The highest BCUT2D eigenvalue weighted by atomic mass is 35.5. The predicted molar refractivity (Wildman–Crippen MR) is 137 cm³/mol. The molecule has 0 saturated heterocycles. The van der Waals surface area contributed by atoms with Crippen LogP contribution in [0.1, 0.15) is 15.9 Å². The second-order valence-electron chi connectivity index (χ2n) is 7.91. The number of hydrogen-bond acceptors (Lipinski definition) is 6. The van der Waals surface area contributed by atoms with E-state index in [4.69, 9.17) is 26.2 Å². The number of methoxy groups -OCH3 is 1. The van der Waals surface area contributed by atoms with Gasteiger partial charge in [0.05, 0.1) is 13.0 Å². The fourth-order valence-corrected chi connectivity index (χ4v) is 4.17. The van der Waals surface area contributed by atoms with Crippen LogP contribution in [0.4, 0.5) is 5.69 Å². The number of amides is 2. The molecule has 0 fully saturated rings. The first-order valence-electron chi connectivity index (χ1n) is 10.8. The average Bonchev–Trinajstić information content (AvgIpc) is 2.82. The minimum atomic E-state index is -4.17. The number of rotatable bonds is 10. The zero-order valence-electron chi connectivity index (χ0n) is 19.7. The lowest BCUT2D eigenvalue weighted by Gasteiger charge is -2.17. The van der Waals surface area contributed by atoms with Gasteiger partial charge in [-0.1, -0.05) is 29.8 Å². The van der Waals surface area contributed by atoms with Crippen molar-refractivity contribution in [2.24, 2.45) is 5.14 Å². The van der Waals surface area contributed by atoms with Crippen molar-refractivity contribution in [3.05, 3.63) is 82.9 Å². The number of benzene rings is 3. The van der Waals surface area contributed by atoms with Gasteiger partial charge < -0.3 is 19.7 Å². The Morgan fingerprint density at radius 1 is 1.06 bits per heavy atom.